The van der Waals surface area contributed by atoms with E-state index in [0.29, 0.717) is 21.7 Å². The molecule has 5 heteroatoms. The molecule has 0 saturated heterocycles. The first kappa shape index (κ1) is 12.0. The number of benzene rings is 1. The molecule has 1 aromatic carbocycles. The van der Waals surface area contributed by atoms with Crippen LogP contribution in [0.1, 0.15) is 17.3 Å². The molecule has 0 aromatic heterocycles. The van der Waals surface area contributed by atoms with E-state index >= 15 is 0 Å². The first-order valence-electron chi connectivity index (χ1n) is 3.88. The summed E-state index contributed by atoms with van der Waals surface area (Å²) >= 11 is 12.4. The molecule has 76 valence electrons. The molecule has 0 unspecified atom stereocenters. The second-order valence-corrected chi connectivity index (χ2v) is 4.62. The van der Waals surface area contributed by atoms with Crippen LogP contribution < -0.4 is 0 Å². The SMILES string of the molecule is CCOC(=O)c1cc(Br)cc(Br)c1Cl. The van der Waals surface area contributed by atoms with Crippen LogP contribution >= 0.6 is 43.5 Å². The Morgan fingerprint density at radius 2 is 2.14 bits per heavy atom. The minimum Gasteiger partial charge on any atom is -0.462 e. The van der Waals surface area contributed by atoms with E-state index in [1.54, 1.807) is 19.1 Å². The van der Waals surface area contributed by atoms with E-state index < -0.39 is 5.97 Å². The van der Waals surface area contributed by atoms with Crippen LogP contribution in [0.25, 0.3) is 0 Å². The summed E-state index contributed by atoms with van der Waals surface area (Å²) in [6.45, 7) is 2.08. The number of esters is 1. The lowest BCUT2D eigenvalue weighted by molar-refractivity contribution is 0.0526. The molecule has 1 rings (SSSR count). The lowest BCUT2D eigenvalue weighted by Crippen LogP contribution is -2.05. The molecular weight excluding hydrogens is 335 g/mol. The van der Waals surface area contributed by atoms with Gasteiger partial charge < -0.3 is 4.74 Å². The van der Waals surface area contributed by atoms with E-state index in [1.165, 1.54) is 0 Å². The third kappa shape index (κ3) is 2.72. The lowest BCUT2D eigenvalue weighted by Gasteiger charge is -2.06. The van der Waals surface area contributed by atoms with Gasteiger partial charge in [-0.05, 0) is 35.0 Å². The van der Waals surface area contributed by atoms with Crippen molar-refractivity contribution >= 4 is 49.4 Å². The highest BCUT2D eigenvalue weighted by atomic mass is 79.9. The van der Waals surface area contributed by atoms with Crippen molar-refractivity contribution < 1.29 is 9.53 Å². The van der Waals surface area contributed by atoms with Crippen molar-refractivity contribution in [2.24, 2.45) is 0 Å². The van der Waals surface area contributed by atoms with Crippen LogP contribution in [-0.4, -0.2) is 12.6 Å². The predicted octanol–water partition coefficient (Wildman–Crippen LogP) is 4.04. The first-order chi connectivity index (χ1) is 6.56. The summed E-state index contributed by atoms with van der Waals surface area (Å²) in [5, 5.41) is 0.367. The van der Waals surface area contributed by atoms with Gasteiger partial charge >= 0.3 is 5.97 Å². The largest absolute Gasteiger partial charge is 0.462 e. The number of carbonyl (C=O) groups is 1. The number of rotatable bonds is 2. The van der Waals surface area contributed by atoms with Gasteiger partial charge in [0.15, 0.2) is 0 Å². The molecule has 0 heterocycles. The van der Waals surface area contributed by atoms with Gasteiger partial charge in [-0.2, -0.15) is 0 Å². The highest BCUT2D eigenvalue weighted by Crippen LogP contribution is 2.30. The Hall–Kier alpha value is -0.0600. The molecule has 0 aliphatic heterocycles. The minimum atomic E-state index is -0.417. The van der Waals surface area contributed by atoms with Crippen molar-refractivity contribution in [1.82, 2.24) is 0 Å². The lowest BCUT2D eigenvalue weighted by atomic mass is 10.2. The third-order valence-corrected chi connectivity index (χ3v) is 3.21. The number of ether oxygens (including phenoxy) is 1. The second-order valence-electron chi connectivity index (χ2n) is 2.47. The Morgan fingerprint density at radius 1 is 1.50 bits per heavy atom. The minimum absolute atomic E-state index is 0.333. The van der Waals surface area contributed by atoms with Gasteiger partial charge in [0.1, 0.15) is 0 Å². The standard InChI is InChI=1S/C9H7Br2ClO2/c1-2-14-9(13)6-3-5(10)4-7(11)8(6)12/h3-4H,2H2,1H3. The molecular formula is C9H7Br2ClO2. The molecule has 0 N–H and O–H groups in total. The van der Waals surface area contributed by atoms with Gasteiger partial charge in [-0.1, -0.05) is 27.5 Å². The third-order valence-electron chi connectivity index (χ3n) is 1.49. The van der Waals surface area contributed by atoms with E-state index in [9.17, 15) is 4.79 Å². The summed E-state index contributed by atoms with van der Waals surface area (Å²) in [7, 11) is 0. The topological polar surface area (TPSA) is 26.3 Å². The fourth-order valence-corrected chi connectivity index (χ4v) is 2.32. The van der Waals surface area contributed by atoms with Crippen LogP contribution in [0.5, 0.6) is 0 Å². The molecule has 14 heavy (non-hydrogen) atoms. The maximum atomic E-state index is 11.4. The van der Waals surface area contributed by atoms with Crippen molar-refractivity contribution in [3.05, 3.63) is 31.7 Å². The zero-order valence-corrected chi connectivity index (χ0v) is 11.2. The monoisotopic (exact) mass is 340 g/mol. The van der Waals surface area contributed by atoms with Crippen molar-refractivity contribution in [2.75, 3.05) is 6.61 Å². The Bertz CT molecular complexity index is 366. The second kappa shape index (κ2) is 5.14. The van der Waals surface area contributed by atoms with Crippen LogP contribution in [0.3, 0.4) is 0 Å². The normalized spacial score (nSPS) is 10.0. The molecule has 0 saturated carbocycles. The average Bonchev–Trinajstić information content (AvgIpc) is 2.11. The molecule has 0 bridgehead atoms. The van der Waals surface area contributed by atoms with Gasteiger partial charge in [-0.25, -0.2) is 4.79 Å². The van der Waals surface area contributed by atoms with Gasteiger partial charge in [0.2, 0.25) is 0 Å². The van der Waals surface area contributed by atoms with E-state index in [4.69, 9.17) is 16.3 Å². The highest BCUT2D eigenvalue weighted by molar-refractivity contribution is 9.11. The summed E-state index contributed by atoms with van der Waals surface area (Å²) in [6.07, 6.45) is 0. The first-order valence-corrected chi connectivity index (χ1v) is 5.84. The fraction of sp³-hybridized carbons (Fsp3) is 0.222. The molecule has 0 radical (unpaired) electrons. The molecule has 1 aromatic rings. The fourth-order valence-electron chi connectivity index (χ4n) is 0.913. The summed E-state index contributed by atoms with van der Waals surface area (Å²) < 4.78 is 6.29. The summed E-state index contributed by atoms with van der Waals surface area (Å²) in [4.78, 5) is 11.4. The molecule has 0 aliphatic rings. The van der Waals surface area contributed by atoms with Crippen LogP contribution in [0.4, 0.5) is 0 Å². The summed E-state index contributed by atoms with van der Waals surface area (Å²) in [5.74, 6) is -0.417. The average molecular weight is 342 g/mol. The van der Waals surface area contributed by atoms with Crippen LogP contribution in [0, 0.1) is 0 Å². The smallest absolute Gasteiger partial charge is 0.339 e. The van der Waals surface area contributed by atoms with E-state index in [0.717, 1.165) is 4.47 Å². The van der Waals surface area contributed by atoms with Crippen molar-refractivity contribution in [3.63, 3.8) is 0 Å². The number of halogens is 3. The number of carbonyl (C=O) groups excluding carboxylic acids is 1. The predicted molar refractivity (Wildman–Crippen MR) is 62.8 cm³/mol. The Kier molecular flexibility index (Phi) is 4.41. The Labute approximate surface area is 104 Å². The molecule has 0 spiro atoms. The molecule has 0 aliphatic carbocycles. The molecule has 0 fully saturated rings. The van der Waals surface area contributed by atoms with E-state index in [2.05, 4.69) is 31.9 Å². The summed E-state index contributed by atoms with van der Waals surface area (Å²) in [5.41, 5.74) is 0.356. The van der Waals surface area contributed by atoms with Crippen molar-refractivity contribution in [3.8, 4) is 0 Å². The highest BCUT2D eigenvalue weighted by Gasteiger charge is 2.14. The molecule has 2 nitrogen and oxygen atoms in total. The quantitative estimate of drug-likeness (QED) is 0.599. The van der Waals surface area contributed by atoms with Gasteiger partial charge in [0, 0.05) is 8.95 Å². The van der Waals surface area contributed by atoms with Crippen LogP contribution in [-0.2, 0) is 4.74 Å². The van der Waals surface area contributed by atoms with Gasteiger partial charge in [-0.15, -0.1) is 0 Å². The van der Waals surface area contributed by atoms with Crippen LogP contribution in [0.15, 0.2) is 21.1 Å². The van der Waals surface area contributed by atoms with Gasteiger partial charge in [0.25, 0.3) is 0 Å². The maximum Gasteiger partial charge on any atom is 0.339 e. The number of hydrogen-bond donors (Lipinski definition) is 0. The Balaban J connectivity index is 3.13. The molecule has 0 atom stereocenters. The van der Waals surface area contributed by atoms with Crippen molar-refractivity contribution in [2.45, 2.75) is 6.92 Å². The van der Waals surface area contributed by atoms with Crippen LogP contribution in [0.2, 0.25) is 5.02 Å². The Morgan fingerprint density at radius 3 is 2.71 bits per heavy atom. The van der Waals surface area contributed by atoms with Crippen molar-refractivity contribution in [1.29, 1.82) is 0 Å². The maximum absolute atomic E-state index is 11.4. The van der Waals surface area contributed by atoms with Gasteiger partial charge in [0.05, 0.1) is 17.2 Å². The van der Waals surface area contributed by atoms with Gasteiger partial charge in [-0.3, -0.25) is 0 Å². The summed E-state index contributed by atoms with van der Waals surface area (Å²) in [6, 6.07) is 3.40. The molecule has 0 amide bonds. The zero-order chi connectivity index (χ0) is 10.7. The van der Waals surface area contributed by atoms with E-state index in [1.807, 2.05) is 0 Å². The zero-order valence-electron chi connectivity index (χ0n) is 7.31. The van der Waals surface area contributed by atoms with E-state index in [-0.39, 0.29) is 0 Å². The number of hydrogen-bond acceptors (Lipinski definition) is 2.